The van der Waals surface area contributed by atoms with Gasteiger partial charge in [-0.3, -0.25) is 19.2 Å². The van der Waals surface area contributed by atoms with E-state index >= 15 is 0 Å². The van der Waals surface area contributed by atoms with Crippen LogP contribution in [0.5, 0.6) is 11.5 Å². The van der Waals surface area contributed by atoms with Crippen LogP contribution in [-0.4, -0.2) is 104 Å². The van der Waals surface area contributed by atoms with Crippen molar-refractivity contribution in [2.75, 3.05) is 19.8 Å². The summed E-state index contributed by atoms with van der Waals surface area (Å²) >= 11 is 6.01. The van der Waals surface area contributed by atoms with Crippen LogP contribution in [0.4, 0.5) is 0 Å². The van der Waals surface area contributed by atoms with Gasteiger partial charge in [-0.2, -0.15) is 0 Å². The van der Waals surface area contributed by atoms with E-state index in [0.29, 0.717) is 84.1 Å². The number of benzene rings is 6. The number of fused-ring (bicyclic) bond motifs is 3. The summed E-state index contributed by atoms with van der Waals surface area (Å²) in [5, 5.41) is 27.9. The van der Waals surface area contributed by atoms with Crippen LogP contribution in [0.15, 0.2) is 134 Å². The van der Waals surface area contributed by atoms with Crippen LogP contribution in [0.1, 0.15) is 115 Å². The van der Waals surface area contributed by atoms with Gasteiger partial charge >= 0.3 is 17.9 Å². The molecule has 1 unspecified atom stereocenters. The van der Waals surface area contributed by atoms with Crippen LogP contribution in [0.3, 0.4) is 0 Å². The highest BCUT2D eigenvalue weighted by atomic mass is 35.5. The minimum atomic E-state index is -1.82. The number of ether oxygens (including phenoxy) is 5. The monoisotopic (exact) mass is 1250 g/mol. The highest BCUT2D eigenvalue weighted by molar-refractivity contribution is 6.70. The molecular weight excluding hydrogens is 1170 g/mol. The van der Waals surface area contributed by atoms with Crippen LogP contribution in [0, 0.1) is 16.2 Å². The molecule has 0 fully saturated rings. The molecule has 10 rings (SSSR count). The molecule has 21 heteroatoms. The average molecular weight is 1250 g/mol. The van der Waals surface area contributed by atoms with Crippen molar-refractivity contribution >= 4 is 77.2 Å². The summed E-state index contributed by atoms with van der Waals surface area (Å²) in [5.41, 5.74) is 8.67. The third-order valence-corrected chi connectivity index (χ3v) is 16.4. The number of halogens is 1. The van der Waals surface area contributed by atoms with Gasteiger partial charge < -0.3 is 28.1 Å². The number of nitrogens with zero attached hydrogens (tertiary/aromatic N) is 9. The molecule has 1 atom stereocenters. The fourth-order valence-electron chi connectivity index (χ4n) is 8.60. The second-order valence-corrected chi connectivity index (χ2v) is 29.4. The molecule has 468 valence electrons. The maximum atomic E-state index is 12.2. The zero-order chi connectivity index (χ0) is 64.1. The molecule has 9 aromatic rings. The topological polar surface area (TPSA) is 216 Å². The van der Waals surface area contributed by atoms with E-state index in [1.165, 1.54) is 4.80 Å². The molecule has 1 aliphatic rings. The van der Waals surface area contributed by atoms with E-state index in [0.717, 1.165) is 69.3 Å². The first kappa shape index (κ1) is 66.2. The number of hydrogen-bond donors (Lipinski definition) is 0. The normalized spacial score (nSPS) is 13.2. The number of esters is 3. The van der Waals surface area contributed by atoms with Gasteiger partial charge in [-0.05, 0) is 182 Å². The summed E-state index contributed by atoms with van der Waals surface area (Å²) in [7, 11) is -1.82. The minimum absolute atomic E-state index is 0.163. The van der Waals surface area contributed by atoms with Gasteiger partial charge in [0, 0.05) is 36.3 Å². The Morgan fingerprint density at radius 3 is 1.35 bits per heavy atom. The van der Waals surface area contributed by atoms with Crippen molar-refractivity contribution in [2.45, 2.75) is 133 Å². The average Bonchev–Trinajstić information content (AvgIpc) is 2.71. The second kappa shape index (κ2) is 29.0. The molecule has 4 heterocycles. The van der Waals surface area contributed by atoms with E-state index in [1.54, 1.807) is 40.1 Å². The zero-order valence-corrected chi connectivity index (χ0v) is 54.7. The standard InChI is InChI=1S/C24H27N3O4.C23H31N3O3Si.C21H22ClN3O3/c1-4-24(2,3)23(28)30-15-13-17-11-12-21(31-22-10-7-14-29-22)20(16-17)27-25-18-8-5-6-9-19(18)26-27;1-7-23(2,3)22(27)28-15-14-17-12-13-21(29-30(4,5)6)20(16-17)26-24-18-10-8-9-11-19(18)25-26;1-4-21(2,3)20(27)28-10-9-14-5-6-15(13-26)19(11-14)25-23-17-8-7-16(22)12-18(17)24-25/h5-9,11-12,14,16,22H,4,10,13,15H2,1-3H3;8-13,16H,7,14-15H2,1-6H3;5-8,11-13H,4,9-10H2,1-3H3. The first-order valence-corrected chi connectivity index (χ1v) is 33.9. The number of carbonyl (C=O) groups is 4. The molecular formula is C68H80ClN9O10Si. The van der Waals surface area contributed by atoms with Crippen molar-refractivity contribution in [3.05, 3.63) is 161 Å². The zero-order valence-electron chi connectivity index (χ0n) is 52.9. The second-order valence-electron chi connectivity index (χ2n) is 24.6. The third-order valence-electron chi connectivity index (χ3n) is 15.3. The van der Waals surface area contributed by atoms with Crippen molar-refractivity contribution in [3.63, 3.8) is 0 Å². The maximum absolute atomic E-state index is 12.2. The lowest BCUT2D eigenvalue weighted by atomic mass is 9.91. The third kappa shape index (κ3) is 17.5. The first-order chi connectivity index (χ1) is 42.4. The highest BCUT2D eigenvalue weighted by Crippen LogP contribution is 2.31. The minimum Gasteiger partial charge on any atom is -0.543 e. The van der Waals surface area contributed by atoms with Crippen LogP contribution >= 0.6 is 11.6 Å². The van der Waals surface area contributed by atoms with Crippen LogP contribution < -0.4 is 9.16 Å². The van der Waals surface area contributed by atoms with E-state index in [2.05, 4.69) is 50.2 Å². The Kier molecular flexibility index (Phi) is 21.6. The van der Waals surface area contributed by atoms with Gasteiger partial charge in [0.25, 0.3) is 0 Å². The van der Waals surface area contributed by atoms with Gasteiger partial charge in [0.05, 0.1) is 48.0 Å². The molecule has 0 saturated heterocycles. The molecule has 0 aliphatic carbocycles. The number of aromatic nitrogens is 9. The van der Waals surface area contributed by atoms with Crippen LogP contribution in [-0.2, 0) is 52.6 Å². The summed E-state index contributed by atoms with van der Waals surface area (Å²) in [6, 6.07) is 37.9. The van der Waals surface area contributed by atoms with Crippen molar-refractivity contribution < 1.29 is 47.3 Å². The molecule has 6 aromatic carbocycles. The quantitative estimate of drug-likeness (QED) is 0.0252. The van der Waals surface area contributed by atoms with Gasteiger partial charge in [0.2, 0.25) is 14.6 Å². The summed E-state index contributed by atoms with van der Waals surface area (Å²) in [6.07, 6.45) is 8.58. The SMILES string of the molecule is CCC(C)(C)C(=O)OCCc1ccc(C=O)c(-n2nc3ccc(Cl)cc3n2)c1.CCC(C)(C)C(=O)OCCc1ccc(OC2CC=CO2)c(-n2nc3ccccc3n2)c1.CCC(C)(C)C(=O)OCCc1ccc(O[Si](C)(C)C)c(-n2nc3ccccc3n2)c1. The summed E-state index contributed by atoms with van der Waals surface area (Å²) in [4.78, 5) is 52.7. The Balaban J connectivity index is 0.000000173. The number of aldehydes is 1. The number of carbonyl (C=O) groups excluding carboxylic acids is 4. The lowest BCUT2D eigenvalue weighted by molar-refractivity contribution is -0.154. The van der Waals surface area contributed by atoms with E-state index in [-0.39, 0.29) is 30.8 Å². The molecule has 0 amide bonds. The lowest BCUT2D eigenvalue weighted by Crippen LogP contribution is -2.30. The molecule has 89 heavy (non-hydrogen) atoms. The molecule has 19 nitrogen and oxygen atoms in total. The fraction of sp³-hybridized carbons (Fsp3) is 0.382. The Labute approximate surface area is 525 Å². The van der Waals surface area contributed by atoms with Crippen LogP contribution in [0.25, 0.3) is 50.2 Å². The molecule has 0 bridgehead atoms. The molecule has 0 N–H and O–H groups in total. The fourth-order valence-corrected chi connectivity index (χ4v) is 9.60. The Morgan fingerprint density at radius 1 is 0.539 bits per heavy atom. The Hall–Kier alpha value is -8.75. The molecule has 3 aromatic heterocycles. The molecule has 0 saturated carbocycles. The van der Waals surface area contributed by atoms with Gasteiger partial charge in [0.1, 0.15) is 50.2 Å². The molecule has 1 aliphatic heterocycles. The molecule has 0 spiro atoms. The van der Waals surface area contributed by atoms with E-state index < -0.39 is 24.6 Å². The maximum Gasteiger partial charge on any atom is 0.311 e. The summed E-state index contributed by atoms with van der Waals surface area (Å²) in [5.74, 6) is 0.839. The van der Waals surface area contributed by atoms with Gasteiger partial charge in [-0.15, -0.1) is 45.0 Å². The van der Waals surface area contributed by atoms with Gasteiger partial charge in [-0.25, -0.2) is 0 Å². The smallest absolute Gasteiger partial charge is 0.311 e. The Morgan fingerprint density at radius 2 is 0.933 bits per heavy atom. The Bertz CT molecular complexity index is 3900. The predicted octanol–water partition coefficient (Wildman–Crippen LogP) is 14.1. The largest absolute Gasteiger partial charge is 0.543 e. The van der Waals surface area contributed by atoms with Crippen molar-refractivity contribution in [1.82, 2.24) is 45.0 Å². The van der Waals surface area contributed by atoms with Crippen molar-refractivity contribution in [1.29, 1.82) is 0 Å². The highest BCUT2D eigenvalue weighted by Gasteiger charge is 2.30. The van der Waals surface area contributed by atoms with E-state index in [9.17, 15) is 19.2 Å². The van der Waals surface area contributed by atoms with Gasteiger partial charge in [0.15, 0.2) is 12.0 Å². The first-order valence-electron chi connectivity index (χ1n) is 30.1. The number of hydrogen-bond acceptors (Lipinski definition) is 16. The van der Waals surface area contributed by atoms with Crippen molar-refractivity contribution in [2.24, 2.45) is 16.2 Å². The lowest BCUT2D eigenvalue weighted by Gasteiger charge is -2.22. The van der Waals surface area contributed by atoms with Gasteiger partial charge in [-0.1, -0.05) is 74.8 Å². The van der Waals surface area contributed by atoms with Crippen molar-refractivity contribution in [3.8, 4) is 28.6 Å². The molecule has 0 radical (unpaired) electrons. The van der Waals surface area contributed by atoms with Crippen LogP contribution in [0.2, 0.25) is 24.7 Å². The number of rotatable bonds is 23. The van der Waals surface area contributed by atoms with E-state index in [1.807, 2.05) is 165 Å². The summed E-state index contributed by atoms with van der Waals surface area (Å²) in [6.45, 7) is 24.6. The summed E-state index contributed by atoms with van der Waals surface area (Å²) < 4.78 is 34.2. The van der Waals surface area contributed by atoms with E-state index in [4.69, 9.17) is 39.7 Å². The predicted molar refractivity (Wildman–Crippen MR) is 346 cm³/mol.